The second-order valence-corrected chi connectivity index (χ2v) is 6.80. The van der Waals surface area contributed by atoms with Crippen LogP contribution >= 0.6 is 0 Å². The third-order valence-electron chi connectivity index (χ3n) is 3.56. The molecule has 0 bridgehead atoms. The van der Waals surface area contributed by atoms with E-state index in [4.69, 9.17) is 4.74 Å². The van der Waals surface area contributed by atoms with E-state index in [-0.39, 0.29) is 23.0 Å². The fourth-order valence-electron chi connectivity index (χ4n) is 2.36. The Morgan fingerprint density at radius 2 is 2.10 bits per heavy atom. The van der Waals surface area contributed by atoms with Gasteiger partial charge in [0, 0.05) is 35.1 Å². The molecule has 0 N–H and O–H groups in total. The van der Waals surface area contributed by atoms with E-state index in [2.05, 4.69) is 0 Å². The minimum atomic E-state index is -0.939. The molecule has 1 saturated heterocycles. The second-order valence-electron chi connectivity index (χ2n) is 5.02. The molecule has 5 heteroatoms. The lowest BCUT2D eigenvalue weighted by Crippen LogP contribution is -2.25. The van der Waals surface area contributed by atoms with Crippen LogP contribution in [0.15, 0.2) is 24.3 Å². The Morgan fingerprint density at radius 3 is 2.70 bits per heavy atom. The van der Waals surface area contributed by atoms with E-state index in [0.717, 1.165) is 6.42 Å². The second kappa shape index (κ2) is 7.09. The number of ketones is 1. The van der Waals surface area contributed by atoms with Gasteiger partial charge in [0.2, 0.25) is 0 Å². The summed E-state index contributed by atoms with van der Waals surface area (Å²) in [6.45, 7) is 2.62. The van der Waals surface area contributed by atoms with Crippen molar-refractivity contribution in [1.82, 2.24) is 0 Å². The number of benzene rings is 1. The van der Waals surface area contributed by atoms with Gasteiger partial charge in [-0.1, -0.05) is 0 Å². The van der Waals surface area contributed by atoms with E-state index in [0.29, 0.717) is 30.8 Å². The summed E-state index contributed by atoms with van der Waals surface area (Å²) < 4.78 is 30.2. The topological polar surface area (TPSA) is 43.4 Å². The molecule has 0 saturated carbocycles. The molecule has 1 aliphatic rings. The first kappa shape index (κ1) is 15.3. The zero-order valence-electron chi connectivity index (χ0n) is 11.5. The minimum absolute atomic E-state index is 0.0299. The van der Waals surface area contributed by atoms with E-state index in [1.54, 1.807) is 0 Å². The molecule has 3 nitrogen and oxygen atoms in total. The number of carbonyl (C=O) groups excluding carboxylic acids is 1. The first-order valence-corrected chi connectivity index (χ1v) is 8.23. The van der Waals surface area contributed by atoms with Crippen molar-refractivity contribution in [3.05, 3.63) is 35.6 Å². The van der Waals surface area contributed by atoms with Crippen molar-refractivity contribution in [3.8, 4) is 0 Å². The molecule has 1 fully saturated rings. The summed E-state index contributed by atoms with van der Waals surface area (Å²) in [4.78, 5) is 11.9. The highest BCUT2D eigenvalue weighted by atomic mass is 32.2. The van der Waals surface area contributed by atoms with Crippen LogP contribution in [0.5, 0.6) is 0 Å². The lowest BCUT2D eigenvalue weighted by molar-refractivity contribution is 0.0982. The molecule has 1 heterocycles. The van der Waals surface area contributed by atoms with E-state index < -0.39 is 10.8 Å². The fraction of sp³-hybridized carbons (Fsp3) is 0.533. The third kappa shape index (κ3) is 3.96. The van der Waals surface area contributed by atoms with Gasteiger partial charge in [-0.05, 0) is 44.0 Å². The molecular formula is C15H19FO3S. The first-order valence-electron chi connectivity index (χ1n) is 6.85. The van der Waals surface area contributed by atoms with E-state index in [1.807, 2.05) is 6.92 Å². The Morgan fingerprint density at radius 1 is 1.40 bits per heavy atom. The van der Waals surface area contributed by atoms with Gasteiger partial charge in [-0.2, -0.15) is 0 Å². The van der Waals surface area contributed by atoms with Crippen molar-refractivity contribution < 1.29 is 18.1 Å². The van der Waals surface area contributed by atoms with Crippen LogP contribution in [0.2, 0.25) is 0 Å². The predicted octanol–water partition coefficient (Wildman–Crippen LogP) is 2.71. The van der Waals surface area contributed by atoms with Gasteiger partial charge in [0.1, 0.15) is 5.82 Å². The van der Waals surface area contributed by atoms with Crippen LogP contribution < -0.4 is 0 Å². The number of rotatable bonds is 6. The average Bonchev–Trinajstić information content (AvgIpc) is 2.85. The summed E-state index contributed by atoms with van der Waals surface area (Å²) >= 11 is 0. The van der Waals surface area contributed by atoms with Crippen molar-refractivity contribution >= 4 is 16.6 Å². The van der Waals surface area contributed by atoms with Gasteiger partial charge in [0.25, 0.3) is 0 Å². The summed E-state index contributed by atoms with van der Waals surface area (Å²) in [5, 5.41) is 0.0934. The number of hydrogen-bond acceptors (Lipinski definition) is 3. The maximum absolute atomic E-state index is 12.8. The van der Waals surface area contributed by atoms with Crippen molar-refractivity contribution in [2.75, 3.05) is 12.4 Å². The highest BCUT2D eigenvalue weighted by Crippen LogP contribution is 2.19. The predicted molar refractivity (Wildman–Crippen MR) is 76.8 cm³/mol. The van der Waals surface area contributed by atoms with Crippen molar-refractivity contribution in [1.29, 1.82) is 0 Å². The van der Waals surface area contributed by atoms with Gasteiger partial charge in [-0.3, -0.25) is 9.00 Å². The molecule has 3 unspecified atom stereocenters. The molecule has 0 radical (unpaired) electrons. The van der Waals surface area contributed by atoms with Gasteiger partial charge in [-0.25, -0.2) is 4.39 Å². The van der Waals surface area contributed by atoms with Gasteiger partial charge >= 0.3 is 0 Å². The molecule has 2 rings (SSSR count). The van der Waals surface area contributed by atoms with Crippen LogP contribution in [0, 0.1) is 5.82 Å². The van der Waals surface area contributed by atoms with E-state index in [1.165, 1.54) is 24.3 Å². The Balaban J connectivity index is 1.76. The largest absolute Gasteiger partial charge is 0.377 e. The quantitative estimate of drug-likeness (QED) is 0.758. The molecule has 1 aromatic carbocycles. The van der Waals surface area contributed by atoms with Gasteiger partial charge in [0.05, 0.1) is 11.4 Å². The monoisotopic (exact) mass is 298 g/mol. The van der Waals surface area contributed by atoms with Crippen molar-refractivity contribution in [2.24, 2.45) is 0 Å². The standard InChI is InChI=1S/C15H19FO3S/c1-11-15(8-9-19-11)20(18)10-2-3-14(17)12-4-6-13(16)7-5-12/h4-7,11,15H,2-3,8-10H2,1H3. The molecule has 0 amide bonds. The van der Waals surface area contributed by atoms with E-state index in [9.17, 15) is 13.4 Å². The van der Waals surface area contributed by atoms with Crippen molar-refractivity contribution in [2.45, 2.75) is 37.5 Å². The fourth-order valence-corrected chi connectivity index (χ4v) is 3.96. The molecule has 1 aromatic rings. The molecule has 20 heavy (non-hydrogen) atoms. The van der Waals surface area contributed by atoms with Crippen molar-refractivity contribution in [3.63, 3.8) is 0 Å². The number of hydrogen-bond donors (Lipinski definition) is 0. The number of ether oxygens (including phenoxy) is 1. The summed E-state index contributed by atoms with van der Waals surface area (Å²) in [5.41, 5.74) is 0.509. The normalized spacial score (nSPS) is 23.7. The Kier molecular flexibility index (Phi) is 5.43. The zero-order chi connectivity index (χ0) is 14.5. The maximum atomic E-state index is 12.8. The lowest BCUT2D eigenvalue weighted by Gasteiger charge is -2.13. The average molecular weight is 298 g/mol. The molecule has 1 aliphatic heterocycles. The van der Waals surface area contributed by atoms with Crippen LogP contribution in [0.3, 0.4) is 0 Å². The van der Waals surface area contributed by atoms with Gasteiger partial charge < -0.3 is 4.74 Å². The molecule has 0 spiro atoms. The number of Topliss-reactive ketones (excluding diaryl/α,β-unsaturated/α-hetero) is 1. The molecule has 0 aromatic heterocycles. The summed E-state index contributed by atoms with van der Waals surface area (Å²) in [6.07, 6.45) is 1.81. The SMILES string of the molecule is CC1OCCC1S(=O)CCCC(=O)c1ccc(F)cc1. The highest BCUT2D eigenvalue weighted by Gasteiger charge is 2.29. The zero-order valence-corrected chi connectivity index (χ0v) is 12.3. The number of carbonyl (C=O) groups is 1. The number of halogens is 1. The Bertz CT molecular complexity index is 486. The van der Waals surface area contributed by atoms with Crippen LogP contribution in [0.4, 0.5) is 4.39 Å². The summed E-state index contributed by atoms with van der Waals surface area (Å²) in [7, 11) is -0.939. The van der Waals surface area contributed by atoms with E-state index >= 15 is 0 Å². The summed E-state index contributed by atoms with van der Waals surface area (Å²) in [5.74, 6) is 0.140. The molecule has 110 valence electrons. The minimum Gasteiger partial charge on any atom is -0.377 e. The van der Waals surface area contributed by atoms with Gasteiger partial charge in [-0.15, -0.1) is 0 Å². The maximum Gasteiger partial charge on any atom is 0.162 e. The Labute approximate surface area is 121 Å². The smallest absolute Gasteiger partial charge is 0.162 e. The third-order valence-corrected chi connectivity index (χ3v) is 5.55. The Hall–Kier alpha value is -1.07. The van der Waals surface area contributed by atoms with Crippen LogP contribution in [-0.4, -0.2) is 33.7 Å². The molecule has 3 atom stereocenters. The van der Waals surface area contributed by atoms with Crippen LogP contribution in [-0.2, 0) is 15.5 Å². The van der Waals surface area contributed by atoms with Gasteiger partial charge in [0.15, 0.2) is 5.78 Å². The molecule has 0 aliphatic carbocycles. The lowest BCUT2D eigenvalue weighted by atomic mass is 10.1. The van der Waals surface area contributed by atoms with Crippen LogP contribution in [0.25, 0.3) is 0 Å². The molecular weight excluding hydrogens is 279 g/mol. The van der Waals surface area contributed by atoms with Crippen LogP contribution in [0.1, 0.15) is 36.5 Å². The first-order chi connectivity index (χ1) is 9.58. The highest BCUT2D eigenvalue weighted by molar-refractivity contribution is 7.85. The summed E-state index contributed by atoms with van der Waals surface area (Å²) in [6, 6.07) is 5.54.